The molecule has 0 heterocycles. The van der Waals surface area contributed by atoms with E-state index in [0.29, 0.717) is 17.4 Å². The summed E-state index contributed by atoms with van der Waals surface area (Å²) in [6.45, 7) is 4.33. The van der Waals surface area contributed by atoms with Crippen LogP contribution in [0.2, 0.25) is 0 Å². The van der Waals surface area contributed by atoms with E-state index >= 15 is 0 Å². The number of hydrogen-bond donors (Lipinski definition) is 1. The first-order valence-corrected chi connectivity index (χ1v) is 28.0. The third kappa shape index (κ3) is 51.0. The highest BCUT2D eigenvalue weighted by Crippen LogP contribution is 2.43. The zero-order valence-electron chi connectivity index (χ0n) is 42.7. The Morgan fingerprint density at radius 2 is 0.877 bits per heavy atom. The Morgan fingerprint density at radius 1 is 0.492 bits per heavy atom. The lowest BCUT2D eigenvalue weighted by Gasteiger charge is -2.24. The number of allylic oxidation sites excluding steroid dienone is 10. The highest BCUT2D eigenvalue weighted by molar-refractivity contribution is 7.47. The Kier molecular flexibility index (Phi) is 45.2. The van der Waals surface area contributed by atoms with Gasteiger partial charge in [-0.15, -0.1) is 0 Å². The van der Waals surface area contributed by atoms with E-state index in [2.05, 4.69) is 74.6 Å². The zero-order chi connectivity index (χ0) is 47.8. The monoisotopic (exact) mass is 935 g/mol. The van der Waals surface area contributed by atoms with Gasteiger partial charge in [0.1, 0.15) is 19.8 Å². The lowest BCUT2D eigenvalue weighted by molar-refractivity contribution is -0.870. The van der Waals surface area contributed by atoms with E-state index in [1.165, 1.54) is 116 Å². The number of quaternary nitrogens is 1. The Hall–Kier alpha value is -2.29. The SMILES string of the molecule is CC/C=C\C/C=C\C/C=C\C/C=C\C/C=C\CCCCCCCCCCCC(=O)OC(COC(=O)CCCCCCCCCCCCCCCCCC)COP(=O)(O)OCC[N+](C)(C)C. The van der Waals surface area contributed by atoms with Crippen molar-refractivity contribution in [1.82, 2.24) is 0 Å². The molecule has 0 aromatic heterocycles. The van der Waals surface area contributed by atoms with Crippen LogP contribution in [0.3, 0.4) is 0 Å². The van der Waals surface area contributed by atoms with Crippen molar-refractivity contribution in [3.05, 3.63) is 60.8 Å². The van der Waals surface area contributed by atoms with Gasteiger partial charge >= 0.3 is 19.8 Å². The van der Waals surface area contributed by atoms with Gasteiger partial charge in [0.2, 0.25) is 0 Å². The summed E-state index contributed by atoms with van der Waals surface area (Å²) in [6, 6.07) is 0. The maximum Gasteiger partial charge on any atom is 0.472 e. The van der Waals surface area contributed by atoms with Crippen LogP contribution in [-0.4, -0.2) is 74.9 Å². The van der Waals surface area contributed by atoms with Crippen LogP contribution in [0.25, 0.3) is 0 Å². The number of nitrogens with zero attached hydrogens (tertiary/aromatic N) is 1. The molecule has 0 fully saturated rings. The van der Waals surface area contributed by atoms with Gasteiger partial charge in [-0.1, -0.05) is 216 Å². The second kappa shape index (κ2) is 46.8. The second-order valence-corrected chi connectivity index (χ2v) is 20.3. The van der Waals surface area contributed by atoms with Gasteiger partial charge in [-0.25, -0.2) is 4.57 Å². The number of phosphoric acid groups is 1. The van der Waals surface area contributed by atoms with Crippen molar-refractivity contribution >= 4 is 19.8 Å². The number of likely N-dealkylation sites (N-methyl/N-ethyl adjacent to an activating group) is 1. The van der Waals surface area contributed by atoms with E-state index in [4.69, 9.17) is 18.5 Å². The molecule has 2 atom stereocenters. The lowest BCUT2D eigenvalue weighted by atomic mass is 10.0. The normalized spacial score (nSPS) is 13.9. The molecule has 378 valence electrons. The van der Waals surface area contributed by atoms with Crippen LogP contribution in [0.5, 0.6) is 0 Å². The van der Waals surface area contributed by atoms with Gasteiger partial charge in [-0.05, 0) is 57.8 Å². The minimum absolute atomic E-state index is 0.0296. The summed E-state index contributed by atoms with van der Waals surface area (Å²) in [5.74, 6) is -0.799. The summed E-state index contributed by atoms with van der Waals surface area (Å²) in [4.78, 5) is 35.6. The molecule has 0 saturated heterocycles. The fourth-order valence-electron chi connectivity index (χ4n) is 7.22. The van der Waals surface area contributed by atoms with Crippen molar-refractivity contribution in [2.45, 2.75) is 232 Å². The van der Waals surface area contributed by atoms with Crippen LogP contribution in [0.1, 0.15) is 226 Å². The van der Waals surface area contributed by atoms with Gasteiger partial charge in [0, 0.05) is 12.8 Å². The van der Waals surface area contributed by atoms with Crippen LogP contribution >= 0.6 is 7.82 Å². The molecule has 0 aliphatic heterocycles. The fourth-order valence-corrected chi connectivity index (χ4v) is 7.96. The first kappa shape index (κ1) is 62.7. The number of esters is 2. The largest absolute Gasteiger partial charge is 0.472 e. The molecule has 0 aromatic carbocycles. The molecule has 0 amide bonds. The van der Waals surface area contributed by atoms with E-state index in [1.807, 2.05) is 21.1 Å². The van der Waals surface area contributed by atoms with E-state index < -0.39 is 26.5 Å². The van der Waals surface area contributed by atoms with Gasteiger partial charge in [-0.2, -0.15) is 0 Å². The molecule has 0 radical (unpaired) electrons. The Balaban J connectivity index is 4.23. The van der Waals surface area contributed by atoms with Crippen molar-refractivity contribution in [3.63, 3.8) is 0 Å². The average molecular weight is 935 g/mol. The van der Waals surface area contributed by atoms with Crippen molar-refractivity contribution < 1.29 is 42.1 Å². The summed E-state index contributed by atoms with van der Waals surface area (Å²) < 4.78 is 34.5. The summed E-state index contributed by atoms with van der Waals surface area (Å²) >= 11 is 0. The third-order valence-corrected chi connectivity index (χ3v) is 12.3. The minimum Gasteiger partial charge on any atom is -0.462 e. The number of carbonyl (C=O) groups is 2. The quantitative estimate of drug-likeness (QED) is 0.0211. The maximum absolute atomic E-state index is 12.8. The van der Waals surface area contributed by atoms with E-state index in [0.717, 1.165) is 77.0 Å². The van der Waals surface area contributed by atoms with Gasteiger partial charge < -0.3 is 18.9 Å². The van der Waals surface area contributed by atoms with Crippen molar-refractivity contribution in [1.29, 1.82) is 0 Å². The van der Waals surface area contributed by atoms with Crippen LogP contribution in [0.15, 0.2) is 60.8 Å². The topological polar surface area (TPSA) is 108 Å². The minimum atomic E-state index is -4.38. The first-order valence-electron chi connectivity index (χ1n) is 26.5. The number of hydrogen-bond acceptors (Lipinski definition) is 7. The van der Waals surface area contributed by atoms with Crippen molar-refractivity contribution in [2.24, 2.45) is 0 Å². The van der Waals surface area contributed by atoms with Gasteiger partial charge in [0.05, 0.1) is 27.7 Å². The number of phosphoric ester groups is 1. The van der Waals surface area contributed by atoms with Gasteiger partial charge in [0.15, 0.2) is 6.10 Å². The molecule has 0 aromatic rings. The second-order valence-electron chi connectivity index (χ2n) is 18.9. The number of unbranched alkanes of at least 4 members (excludes halogenated alkanes) is 24. The number of ether oxygens (including phenoxy) is 2. The van der Waals surface area contributed by atoms with Crippen molar-refractivity contribution in [2.75, 3.05) is 47.5 Å². The van der Waals surface area contributed by atoms with E-state index in [-0.39, 0.29) is 32.0 Å². The highest BCUT2D eigenvalue weighted by atomic mass is 31.2. The van der Waals surface area contributed by atoms with E-state index in [9.17, 15) is 19.0 Å². The number of carbonyl (C=O) groups excluding carboxylic acids is 2. The Bertz CT molecular complexity index is 1290. The smallest absolute Gasteiger partial charge is 0.462 e. The first-order chi connectivity index (χ1) is 31.5. The molecule has 2 unspecified atom stereocenters. The average Bonchev–Trinajstić information content (AvgIpc) is 3.26. The molecule has 0 aliphatic rings. The summed E-state index contributed by atoms with van der Waals surface area (Å²) in [6.07, 6.45) is 58.4. The molecular formula is C55H101NO8P+. The molecule has 9 nitrogen and oxygen atoms in total. The Labute approximate surface area is 400 Å². The van der Waals surface area contributed by atoms with Crippen molar-refractivity contribution in [3.8, 4) is 0 Å². The Morgan fingerprint density at radius 3 is 1.31 bits per heavy atom. The molecule has 0 aliphatic carbocycles. The maximum atomic E-state index is 12.8. The van der Waals surface area contributed by atoms with E-state index in [1.54, 1.807) is 0 Å². The lowest BCUT2D eigenvalue weighted by Crippen LogP contribution is -2.37. The molecule has 65 heavy (non-hydrogen) atoms. The summed E-state index contributed by atoms with van der Waals surface area (Å²) in [5, 5.41) is 0. The van der Waals surface area contributed by atoms with Crippen LogP contribution in [-0.2, 0) is 32.7 Å². The molecule has 0 spiro atoms. The predicted octanol–water partition coefficient (Wildman–Crippen LogP) is 16.0. The molecule has 0 rings (SSSR count). The third-order valence-electron chi connectivity index (χ3n) is 11.3. The fraction of sp³-hybridized carbons (Fsp3) is 0.782. The zero-order valence-corrected chi connectivity index (χ0v) is 43.6. The van der Waals surface area contributed by atoms with Gasteiger partial charge in [-0.3, -0.25) is 18.6 Å². The molecular weight excluding hydrogens is 834 g/mol. The molecule has 10 heteroatoms. The van der Waals surface area contributed by atoms with Crippen LogP contribution < -0.4 is 0 Å². The summed E-state index contributed by atoms with van der Waals surface area (Å²) in [7, 11) is 1.47. The van der Waals surface area contributed by atoms with Gasteiger partial charge in [0.25, 0.3) is 0 Å². The highest BCUT2D eigenvalue weighted by Gasteiger charge is 2.27. The van der Waals surface area contributed by atoms with Crippen LogP contribution in [0.4, 0.5) is 0 Å². The molecule has 1 N–H and O–H groups in total. The number of rotatable bonds is 48. The van der Waals surface area contributed by atoms with Crippen LogP contribution in [0, 0.1) is 0 Å². The molecule has 0 bridgehead atoms. The predicted molar refractivity (Wildman–Crippen MR) is 275 cm³/mol. The standard InChI is InChI=1S/C55H100NO8P/c1-6-8-10-12-14-16-18-20-22-24-25-26-27-28-29-30-31-32-34-36-38-40-42-44-46-48-55(58)64-53(52-63-65(59,60)62-50-49-56(3,4)5)51-61-54(57)47-45-43-41-39-37-35-33-23-21-19-17-15-13-11-9-7-2/h8,10,14,16,20,22,25-26,28-29,53H,6-7,9,11-13,15,17-19,21,23-24,27,30-52H2,1-5H3/p+1/b10-8-,16-14-,22-20-,26-25-,29-28-. The molecule has 0 saturated carbocycles. The summed E-state index contributed by atoms with van der Waals surface area (Å²) in [5.41, 5.74) is 0.